The topological polar surface area (TPSA) is 102 Å². The lowest BCUT2D eigenvalue weighted by Crippen LogP contribution is -2.14. The molecule has 0 aliphatic carbocycles. The van der Waals surface area contributed by atoms with Gasteiger partial charge in [0, 0.05) is 24.1 Å². The fourth-order valence-corrected chi connectivity index (χ4v) is 3.30. The number of benzene rings is 2. The molecule has 0 heterocycles. The summed E-state index contributed by atoms with van der Waals surface area (Å²) in [5.74, 6) is 0.272. The number of hydrogen-bond donors (Lipinski definition) is 2. The van der Waals surface area contributed by atoms with Crippen LogP contribution in [0.15, 0.2) is 48.5 Å². The van der Waals surface area contributed by atoms with E-state index in [1.165, 1.54) is 6.07 Å². The lowest BCUT2D eigenvalue weighted by molar-refractivity contribution is -0.116. The van der Waals surface area contributed by atoms with Crippen LogP contribution in [0.2, 0.25) is 0 Å². The number of Topliss-reactive ketones (excluding diaryl/α,β-unsaturated/α-hetero) is 1. The highest BCUT2D eigenvalue weighted by Crippen LogP contribution is 2.17. The van der Waals surface area contributed by atoms with E-state index in [0.29, 0.717) is 23.5 Å². The Bertz CT molecular complexity index is 956. The van der Waals surface area contributed by atoms with Gasteiger partial charge in [-0.05, 0) is 48.9 Å². The summed E-state index contributed by atoms with van der Waals surface area (Å²) in [5, 5.41) is 2.67. The summed E-state index contributed by atoms with van der Waals surface area (Å²) in [6, 6.07) is 13.3. The second kappa shape index (κ2) is 11.3. The quantitative estimate of drug-likeness (QED) is 0.386. The SMILES string of the molecule is CCCCCOc1ccc(C(=O)CCC(=O)Nc2cccc(NS(C)(=O)=O)c2)cc1. The molecule has 0 fully saturated rings. The van der Waals surface area contributed by atoms with Crippen LogP contribution in [0.4, 0.5) is 11.4 Å². The van der Waals surface area contributed by atoms with Gasteiger partial charge in [0.15, 0.2) is 5.78 Å². The Labute approximate surface area is 177 Å². The maximum absolute atomic E-state index is 12.3. The van der Waals surface area contributed by atoms with Crippen molar-refractivity contribution in [1.82, 2.24) is 0 Å². The highest BCUT2D eigenvalue weighted by molar-refractivity contribution is 7.92. The first-order valence-corrected chi connectivity index (χ1v) is 11.8. The van der Waals surface area contributed by atoms with Crippen molar-refractivity contribution in [3.05, 3.63) is 54.1 Å². The summed E-state index contributed by atoms with van der Waals surface area (Å²) in [7, 11) is -3.40. The molecule has 0 saturated heterocycles. The average Bonchev–Trinajstić information content (AvgIpc) is 2.69. The Morgan fingerprint density at radius 1 is 0.967 bits per heavy atom. The number of unbranched alkanes of at least 4 members (excludes halogenated alkanes) is 2. The highest BCUT2D eigenvalue weighted by atomic mass is 32.2. The van der Waals surface area contributed by atoms with Crippen LogP contribution in [0.1, 0.15) is 49.4 Å². The summed E-state index contributed by atoms with van der Waals surface area (Å²) in [5.41, 5.74) is 1.33. The lowest BCUT2D eigenvalue weighted by Gasteiger charge is -2.09. The van der Waals surface area contributed by atoms with Crippen molar-refractivity contribution >= 4 is 33.1 Å². The lowest BCUT2D eigenvalue weighted by atomic mass is 10.1. The van der Waals surface area contributed by atoms with Gasteiger partial charge in [-0.2, -0.15) is 0 Å². The molecule has 1 amide bonds. The van der Waals surface area contributed by atoms with Crippen LogP contribution >= 0.6 is 0 Å². The van der Waals surface area contributed by atoms with Crippen molar-refractivity contribution in [2.24, 2.45) is 0 Å². The molecule has 7 nitrogen and oxygen atoms in total. The third-order valence-corrected chi connectivity index (χ3v) is 4.83. The van der Waals surface area contributed by atoms with Crippen molar-refractivity contribution < 1.29 is 22.7 Å². The molecule has 8 heteroatoms. The van der Waals surface area contributed by atoms with Gasteiger partial charge in [-0.15, -0.1) is 0 Å². The minimum absolute atomic E-state index is 0.0256. The molecule has 2 aromatic carbocycles. The zero-order valence-electron chi connectivity index (χ0n) is 17.3. The monoisotopic (exact) mass is 432 g/mol. The largest absolute Gasteiger partial charge is 0.494 e. The molecule has 2 aromatic rings. The standard InChI is InChI=1S/C22H28N2O5S/c1-3-4-5-15-29-20-11-9-17(10-12-20)21(25)13-14-22(26)23-18-7-6-8-19(16-18)24-30(2,27)28/h6-12,16,24H,3-5,13-15H2,1-2H3,(H,23,26). The zero-order valence-corrected chi connectivity index (χ0v) is 18.1. The molecule has 2 rings (SSSR count). The molecule has 162 valence electrons. The van der Waals surface area contributed by atoms with E-state index in [0.717, 1.165) is 31.3 Å². The first-order chi connectivity index (χ1) is 14.3. The van der Waals surface area contributed by atoms with Crippen molar-refractivity contribution in [2.75, 3.05) is 22.9 Å². The molecule has 2 N–H and O–H groups in total. The van der Waals surface area contributed by atoms with E-state index in [1.54, 1.807) is 42.5 Å². The number of sulfonamides is 1. The molecule has 0 aromatic heterocycles. The van der Waals surface area contributed by atoms with Crippen LogP contribution in [-0.2, 0) is 14.8 Å². The second-order valence-electron chi connectivity index (χ2n) is 7.01. The molecular weight excluding hydrogens is 404 g/mol. The summed E-state index contributed by atoms with van der Waals surface area (Å²) < 4.78 is 30.6. The van der Waals surface area contributed by atoms with Gasteiger partial charge in [-0.3, -0.25) is 14.3 Å². The summed E-state index contributed by atoms with van der Waals surface area (Å²) in [6.07, 6.45) is 4.40. The zero-order chi connectivity index (χ0) is 22.0. The Kier molecular flexibility index (Phi) is 8.86. The third kappa shape index (κ3) is 8.65. The molecule has 30 heavy (non-hydrogen) atoms. The number of anilines is 2. The molecule has 0 aliphatic heterocycles. The molecule has 0 spiro atoms. The van der Waals surface area contributed by atoms with Crippen molar-refractivity contribution in [1.29, 1.82) is 0 Å². The Hall–Kier alpha value is -2.87. The Balaban J connectivity index is 1.81. The van der Waals surface area contributed by atoms with Crippen molar-refractivity contribution in [3.63, 3.8) is 0 Å². The van der Waals surface area contributed by atoms with Gasteiger partial charge in [0.1, 0.15) is 5.75 Å². The minimum Gasteiger partial charge on any atom is -0.494 e. The smallest absolute Gasteiger partial charge is 0.229 e. The van der Waals surface area contributed by atoms with E-state index in [4.69, 9.17) is 4.74 Å². The highest BCUT2D eigenvalue weighted by Gasteiger charge is 2.11. The predicted octanol–water partition coefficient (Wildman–Crippen LogP) is 4.23. The van der Waals surface area contributed by atoms with E-state index in [-0.39, 0.29) is 24.5 Å². The van der Waals surface area contributed by atoms with E-state index < -0.39 is 10.0 Å². The molecule has 0 atom stereocenters. The van der Waals surface area contributed by atoms with Crippen LogP contribution in [0.3, 0.4) is 0 Å². The number of carbonyl (C=O) groups excluding carboxylic acids is 2. The molecular formula is C22H28N2O5S. The summed E-state index contributed by atoms with van der Waals surface area (Å²) in [6.45, 7) is 2.79. The van der Waals surface area contributed by atoms with Crippen LogP contribution < -0.4 is 14.8 Å². The van der Waals surface area contributed by atoms with Gasteiger partial charge < -0.3 is 10.1 Å². The molecule has 0 aliphatic rings. The fourth-order valence-electron chi connectivity index (χ4n) is 2.75. The second-order valence-corrected chi connectivity index (χ2v) is 8.75. The van der Waals surface area contributed by atoms with Crippen molar-refractivity contribution in [3.8, 4) is 5.75 Å². The predicted molar refractivity (Wildman–Crippen MR) is 119 cm³/mol. The first-order valence-electron chi connectivity index (χ1n) is 9.90. The number of rotatable bonds is 12. The average molecular weight is 433 g/mol. The van der Waals surface area contributed by atoms with E-state index in [9.17, 15) is 18.0 Å². The summed E-state index contributed by atoms with van der Waals surface area (Å²) >= 11 is 0. The van der Waals surface area contributed by atoms with Gasteiger partial charge >= 0.3 is 0 Å². The first kappa shape index (κ1) is 23.4. The number of amides is 1. The number of carbonyl (C=O) groups is 2. The van der Waals surface area contributed by atoms with Gasteiger partial charge in [0.2, 0.25) is 15.9 Å². The van der Waals surface area contributed by atoms with Crippen LogP contribution in [0, 0.1) is 0 Å². The fraction of sp³-hybridized carbons (Fsp3) is 0.364. The van der Waals surface area contributed by atoms with Crippen LogP contribution in [0.25, 0.3) is 0 Å². The number of ether oxygens (including phenoxy) is 1. The maximum Gasteiger partial charge on any atom is 0.229 e. The third-order valence-electron chi connectivity index (χ3n) is 4.22. The molecule has 0 unspecified atom stereocenters. The maximum atomic E-state index is 12.3. The van der Waals surface area contributed by atoms with Gasteiger partial charge in [-0.1, -0.05) is 25.8 Å². The van der Waals surface area contributed by atoms with E-state index >= 15 is 0 Å². The van der Waals surface area contributed by atoms with E-state index in [2.05, 4.69) is 17.0 Å². The number of nitrogens with one attached hydrogen (secondary N) is 2. The molecule has 0 bridgehead atoms. The van der Waals surface area contributed by atoms with Crippen LogP contribution in [0.5, 0.6) is 5.75 Å². The number of hydrogen-bond acceptors (Lipinski definition) is 5. The normalized spacial score (nSPS) is 11.0. The van der Waals surface area contributed by atoms with Crippen molar-refractivity contribution in [2.45, 2.75) is 39.0 Å². The summed E-state index contributed by atoms with van der Waals surface area (Å²) in [4.78, 5) is 24.5. The van der Waals surface area contributed by atoms with E-state index in [1.807, 2.05) is 0 Å². The molecule has 0 radical (unpaired) electrons. The Morgan fingerprint density at radius 3 is 2.33 bits per heavy atom. The molecule has 0 saturated carbocycles. The van der Waals surface area contributed by atoms with Gasteiger partial charge in [0.05, 0.1) is 18.6 Å². The van der Waals surface area contributed by atoms with Crippen LogP contribution in [-0.4, -0.2) is 33.0 Å². The number of ketones is 1. The Morgan fingerprint density at radius 2 is 1.67 bits per heavy atom. The van der Waals surface area contributed by atoms with Gasteiger partial charge in [-0.25, -0.2) is 8.42 Å². The van der Waals surface area contributed by atoms with Gasteiger partial charge in [0.25, 0.3) is 0 Å². The minimum atomic E-state index is -3.40.